The fourth-order valence-electron chi connectivity index (χ4n) is 1.92. The van der Waals surface area contributed by atoms with E-state index in [1.54, 1.807) is 36.4 Å². The standard InChI is InChI=1S/C18H22N2O5/c1-2-11-23-14-5-7-15(8-6-14)25-13-17(21)19-9-10-20-18(22)16-4-3-12-24-16/h3-8,12H,2,9-11,13H2,1H3,(H,19,21)(H,20,22). The zero-order chi connectivity index (χ0) is 17.9. The van der Waals surface area contributed by atoms with E-state index < -0.39 is 0 Å². The molecule has 0 atom stereocenters. The predicted molar refractivity (Wildman–Crippen MR) is 91.8 cm³/mol. The normalized spacial score (nSPS) is 10.1. The molecule has 0 aliphatic heterocycles. The average molecular weight is 346 g/mol. The minimum atomic E-state index is -0.319. The van der Waals surface area contributed by atoms with Gasteiger partial charge >= 0.3 is 0 Å². The Hall–Kier alpha value is -2.96. The van der Waals surface area contributed by atoms with Crippen molar-refractivity contribution in [3.8, 4) is 11.5 Å². The van der Waals surface area contributed by atoms with Gasteiger partial charge in [0.25, 0.3) is 11.8 Å². The Bertz CT molecular complexity index is 653. The largest absolute Gasteiger partial charge is 0.494 e. The molecule has 0 unspecified atom stereocenters. The number of furan rings is 1. The second-order valence-electron chi connectivity index (χ2n) is 5.19. The van der Waals surface area contributed by atoms with Gasteiger partial charge < -0.3 is 24.5 Å². The molecule has 0 saturated carbocycles. The summed E-state index contributed by atoms with van der Waals surface area (Å²) in [5.74, 6) is 1.01. The maximum Gasteiger partial charge on any atom is 0.287 e. The number of carbonyl (C=O) groups is 2. The second kappa shape index (κ2) is 10.0. The van der Waals surface area contributed by atoms with Crippen molar-refractivity contribution in [1.29, 1.82) is 0 Å². The Morgan fingerprint density at radius 2 is 1.68 bits per heavy atom. The number of rotatable bonds is 10. The summed E-state index contributed by atoms with van der Waals surface area (Å²) in [5.41, 5.74) is 0. The summed E-state index contributed by atoms with van der Waals surface area (Å²) < 4.78 is 15.8. The second-order valence-corrected chi connectivity index (χ2v) is 5.19. The van der Waals surface area contributed by atoms with Crippen molar-refractivity contribution >= 4 is 11.8 Å². The van der Waals surface area contributed by atoms with Crippen molar-refractivity contribution < 1.29 is 23.5 Å². The zero-order valence-corrected chi connectivity index (χ0v) is 14.1. The van der Waals surface area contributed by atoms with Crippen LogP contribution in [0.5, 0.6) is 11.5 Å². The van der Waals surface area contributed by atoms with Gasteiger partial charge in [-0.15, -0.1) is 0 Å². The maximum atomic E-state index is 11.7. The molecule has 0 saturated heterocycles. The molecule has 2 rings (SSSR count). The summed E-state index contributed by atoms with van der Waals surface area (Å²) in [4.78, 5) is 23.3. The van der Waals surface area contributed by atoms with Gasteiger partial charge in [0.15, 0.2) is 12.4 Å². The van der Waals surface area contributed by atoms with Crippen molar-refractivity contribution in [2.75, 3.05) is 26.3 Å². The highest BCUT2D eigenvalue weighted by molar-refractivity contribution is 5.91. The first-order valence-electron chi connectivity index (χ1n) is 8.13. The number of benzene rings is 1. The van der Waals surface area contributed by atoms with Crippen LogP contribution in [0.3, 0.4) is 0 Å². The average Bonchev–Trinajstić information content (AvgIpc) is 3.17. The van der Waals surface area contributed by atoms with Crippen LogP contribution in [0, 0.1) is 0 Å². The van der Waals surface area contributed by atoms with Gasteiger partial charge in [-0.05, 0) is 42.8 Å². The summed E-state index contributed by atoms with van der Waals surface area (Å²) in [6.45, 7) is 3.21. The third kappa shape index (κ3) is 6.58. The Morgan fingerprint density at radius 1 is 1.00 bits per heavy atom. The van der Waals surface area contributed by atoms with Crippen LogP contribution in [0.1, 0.15) is 23.9 Å². The van der Waals surface area contributed by atoms with Crippen LogP contribution in [0.25, 0.3) is 0 Å². The van der Waals surface area contributed by atoms with Gasteiger partial charge in [0.1, 0.15) is 11.5 Å². The summed E-state index contributed by atoms with van der Waals surface area (Å²) in [5, 5.41) is 5.29. The van der Waals surface area contributed by atoms with Crippen LogP contribution in [-0.2, 0) is 4.79 Å². The van der Waals surface area contributed by atoms with Crippen LogP contribution in [0.15, 0.2) is 47.1 Å². The van der Waals surface area contributed by atoms with Crippen LogP contribution in [0.2, 0.25) is 0 Å². The van der Waals surface area contributed by atoms with Gasteiger partial charge in [-0.3, -0.25) is 9.59 Å². The maximum absolute atomic E-state index is 11.7. The Labute approximate surface area is 146 Å². The number of amides is 2. The predicted octanol–water partition coefficient (Wildman–Crippen LogP) is 1.99. The topological polar surface area (TPSA) is 89.8 Å². The van der Waals surface area contributed by atoms with Crippen LogP contribution in [-0.4, -0.2) is 38.1 Å². The van der Waals surface area contributed by atoms with Gasteiger partial charge in [-0.1, -0.05) is 6.92 Å². The highest BCUT2D eigenvalue weighted by atomic mass is 16.5. The number of ether oxygens (including phenoxy) is 2. The van der Waals surface area contributed by atoms with Crippen molar-refractivity contribution in [3.05, 3.63) is 48.4 Å². The van der Waals surface area contributed by atoms with Gasteiger partial charge in [0.2, 0.25) is 0 Å². The molecule has 1 aromatic heterocycles. The molecule has 2 N–H and O–H groups in total. The summed E-state index contributed by atoms with van der Waals surface area (Å²) in [6, 6.07) is 10.3. The van der Waals surface area contributed by atoms with E-state index in [0.717, 1.165) is 12.2 Å². The molecule has 0 spiro atoms. The number of nitrogens with one attached hydrogen (secondary N) is 2. The fraction of sp³-hybridized carbons (Fsp3) is 0.333. The first-order valence-corrected chi connectivity index (χ1v) is 8.13. The third-order valence-electron chi connectivity index (χ3n) is 3.14. The lowest BCUT2D eigenvalue weighted by Gasteiger charge is -2.09. The number of hydrogen-bond donors (Lipinski definition) is 2. The summed E-state index contributed by atoms with van der Waals surface area (Å²) >= 11 is 0. The molecular weight excluding hydrogens is 324 g/mol. The van der Waals surface area contributed by atoms with Gasteiger partial charge in [0.05, 0.1) is 12.9 Å². The molecule has 0 radical (unpaired) electrons. The molecule has 0 aliphatic carbocycles. The van der Waals surface area contributed by atoms with Crippen LogP contribution >= 0.6 is 0 Å². The van der Waals surface area contributed by atoms with E-state index in [-0.39, 0.29) is 24.2 Å². The number of carbonyl (C=O) groups excluding carboxylic acids is 2. The number of hydrogen-bond acceptors (Lipinski definition) is 5. The van der Waals surface area contributed by atoms with E-state index in [1.807, 2.05) is 6.92 Å². The minimum Gasteiger partial charge on any atom is -0.494 e. The monoisotopic (exact) mass is 346 g/mol. The molecule has 7 nitrogen and oxygen atoms in total. The molecule has 7 heteroatoms. The van der Waals surface area contributed by atoms with Crippen molar-refractivity contribution in [1.82, 2.24) is 10.6 Å². The van der Waals surface area contributed by atoms with E-state index in [4.69, 9.17) is 13.9 Å². The molecule has 1 aromatic carbocycles. The van der Waals surface area contributed by atoms with Gasteiger partial charge in [-0.25, -0.2) is 0 Å². The van der Waals surface area contributed by atoms with E-state index in [1.165, 1.54) is 6.26 Å². The highest BCUT2D eigenvalue weighted by Crippen LogP contribution is 2.17. The molecule has 0 aliphatic rings. The first kappa shape index (κ1) is 18.4. The molecule has 0 bridgehead atoms. The van der Waals surface area contributed by atoms with E-state index in [9.17, 15) is 9.59 Å². The van der Waals surface area contributed by atoms with Crippen LogP contribution < -0.4 is 20.1 Å². The lowest BCUT2D eigenvalue weighted by atomic mass is 10.3. The van der Waals surface area contributed by atoms with Gasteiger partial charge in [0, 0.05) is 13.1 Å². The Kier molecular flexibility index (Phi) is 7.37. The molecule has 134 valence electrons. The van der Waals surface area contributed by atoms with Crippen molar-refractivity contribution in [3.63, 3.8) is 0 Å². The molecule has 2 aromatic rings. The molecule has 2 amide bonds. The SMILES string of the molecule is CCCOc1ccc(OCC(=O)NCCNC(=O)c2ccco2)cc1. The third-order valence-corrected chi connectivity index (χ3v) is 3.14. The first-order chi connectivity index (χ1) is 12.2. The zero-order valence-electron chi connectivity index (χ0n) is 14.1. The van der Waals surface area contributed by atoms with Crippen molar-refractivity contribution in [2.24, 2.45) is 0 Å². The highest BCUT2D eigenvalue weighted by Gasteiger charge is 2.07. The quantitative estimate of drug-likeness (QED) is 0.642. The summed E-state index contributed by atoms with van der Waals surface area (Å²) in [7, 11) is 0. The van der Waals surface area contributed by atoms with E-state index in [0.29, 0.717) is 25.4 Å². The fourth-order valence-corrected chi connectivity index (χ4v) is 1.92. The molecular formula is C18H22N2O5. The minimum absolute atomic E-state index is 0.0959. The van der Waals surface area contributed by atoms with Crippen LogP contribution in [0.4, 0.5) is 0 Å². The molecule has 0 fully saturated rings. The lowest BCUT2D eigenvalue weighted by molar-refractivity contribution is -0.123. The Balaban J connectivity index is 1.59. The summed E-state index contributed by atoms with van der Waals surface area (Å²) in [6.07, 6.45) is 2.37. The lowest BCUT2D eigenvalue weighted by Crippen LogP contribution is -2.36. The van der Waals surface area contributed by atoms with Crippen molar-refractivity contribution in [2.45, 2.75) is 13.3 Å². The van der Waals surface area contributed by atoms with E-state index >= 15 is 0 Å². The molecule has 1 heterocycles. The van der Waals surface area contributed by atoms with Gasteiger partial charge in [-0.2, -0.15) is 0 Å². The smallest absolute Gasteiger partial charge is 0.287 e. The molecule has 25 heavy (non-hydrogen) atoms. The van der Waals surface area contributed by atoms with E-state index in [2.05, 4.69) is 10.6 Å². The Morgan fingerprint density at radius 3 is 2.32 bits per heavy atom.